The minimum absolute atomic E-state index is 0.0466. The van der Waals surface area contributed by atoms with E-state index in [1.165, 1.54) is 16.2 Å². The quantitative estimate of drug-likeness (QED) is 0.664. The Balaban J connectivity index is 1.47. The Morgan fingerprint density at radius 3 is 3.10 bits per heavy atom. The van der Waals surface area contributed by atoms with Gasteiger partial charge in [0.1, 0.15) is 12.3 Å². The number of aryl methyl sites for hydroxylation is 1. The Bertz CT molecular complexity index is 1230. The summed E-state index contributed by atoms with van der Waals surface area (Å²) in [6, 6.07) is 4.80. The van der Waals surface area contributed by atoms with E-state index in [1.54, 1.807) is 18.2 Å². The minimum Gasteiger partial charge on any atom is -0.482 e. The van der Waals surface area contributed by atoms with Crippen molar-refractivity contribution in [3.05, 3.63) is 44.6 Å². The first-order valence-corrected chi connectivity index (χ1v) is 10.3. The van der Waals surface area contributed by atoms with Crippen molar-refractivity contribution >= 4 is 38.9 Å². The fourth-order valence-corrected chi connectivity index (χ4v) is 5.20. The van der Waals surface area contributed by atoms with Crippen molar-refractivity contribution in [3.8, 4) is 5.75 Å². The molecule has 0 saturated heterocycles. The maximum atomic E-state index is 13.0. The Morgan fingerprint density at radius 1 is 1.38 bits per heavy atom. The van der Waals surface area contributed by atoms with Crippen molar-refractivity contribution in [1.29, 1.82) is 0 Å². The first-order valence-electron chi connectivity index (χ1n) is 9.47. The van der Waals surface area contributed by atoms with Gasteiger partial charge < -0.3 is 10.1 Å². The van der Waals surface area contributed by atoms with Crippen molar-refractivity contribution in [1.82, 2.24) is 15.0 Å². The van der Waals surface area contributed by atoms with Gasteiger partial charge in [0.2, 0.25) is 0 Å². The number of hydrogen-bond acceptors (Lipinski definition) is 7. The molecule has 148 valence electrons. The molecule has 5 rings (SSSR count). The molecule has 0 fully saturated rings. The number of thiophene rings is 1. The van der Waals surface area contributed by atoms with Crippen LogP contribution in [0.1, 0.15) is 34.1 Å². The van der Waals surface area contributed by atoms with Crippen molar-refractivity contribution < 1.29 is 14.3 Å². The zero-order chi connectivity index (χ0) is 20.1. The highest BCUT2D eigenvalue weighted by molar-refractivity contribution is 7.18. The van der Waals surface area contributed by atoms with Crippen LogP contribution in [0.25, 0.3) is 10.2 Å². The summed E-state index contributed by atoms with van der Waals surface area (Å²) >= 11 is 1.53. The molecule has 0 bridgehead atoms. The predicted octanol–water partition coefficient (Wildman–Crippen LogP) is 2.19. The van der Waals surface area contributed by atoms with E-state index >= 15 is 0 Å². The molecular weight excluding hydrogens is 392 g/mol. The van der Waals surface area contributed by atoms with Gasteiger partial charge in [-0.3, -0.25) is 14.4 Å². The van der Waals surface area contributed by atoms with Crippen LogP contribution in [0.3, 0.4) is 0 Å². The highest BCUT2D eigenvalue weighted by atomic mass is 32.1. The zero-order valence-corrected chi connectivity index (χ0v) is 16.5. The maximum Gasteiger partial charge on any atom is 0.279 e. The number of rotatable bonds is 3. The van der Waals surface area contributed by atoms with Crippen LogP contribution in [0.4, 0.5) is 5.69 Å². The number of nitrogens with one attached hydrogen (secondary N) is 1. The first-order chi connectivity index (χ1) is 14.0. The van der Waals surface area contributed by atoms with Gasteiger partial charge in [0, 0.05) is 10.4 Å². The molecule has 0 radical (unpaired) electrons. The minimum atomic E-state index is -0.291. The summed E-state index contributed by atoms with van der Waals surface area (Å²) in [5.74, 6) is 0.548. The number of carbonyl (C=O) groups is 2. The SMILES string of the molecule is CC1CCc2c(sc3nnn(CC(=O)c4ccc5c(c4)NC(=O)CO5)c(=O)c23)C1. The third-order valence-electron chi connectivity index (χ3n) is 5.41. The molecule has 8 nitrogen and oxygen atoms in total. The number of fused-ring (bicyclic) bond motifs is 4. The zero-order valence-electron chi connectivity index (χ0n) is 15.7. The second-order valence-corrected chi connectivity index (χ2v) is 8.64. The molecule has 0 spiro atoms. The molecule has 1 aliphatic carbocycles. The van der Waals surface area contributed by atoms with E-state index < -0.39 is 0 Å². The van der Waals surface area contributed by atoms with Crippen LogP contribution in [-0.4, -0.2) is 33.3 Å². The average Bonchev–Trinajstić information content (AvgIpc) is 3.07. The number of Topliss-reactive ketones (excluding diaryl/α,β-unsaturated/α-hetero) is 1. The second kappa shape index (κ2) is 6.77. The van der Waals surface area contributed by atoms with E-state index in [-0.39, 0.29) is 30.4 Å². The number of aromatic nitrogens is 3. The highest BCUT2D eigenvalue weighted by Crippen LogP contribution is 2.35. The summed E-state index contributed by atoms with van der Waals surface area (Å²) in [5.41, 5.74) is 1.61. The van der Waals surface area contributed by atoms with E-state index in [0.717, 1.165) is 29.5 Å². The number of hydrogen-bond donors (Lipinski definition) is 1. The Labute approximate surface area is 169 Å². The molecule has 1 N–H and O–H groups in total. The van der Waals surface area contributed by atoms with Crippen molar-refractivity contribution in [3.63, 3.8) is 0 Å². The van der Waals surface area contributed by atoms with Crippen LogP contribution >= 0.6 is 11.3 Å². The number of benzene rings is 1. The van der Waals surface area contributed by atoms with Crippen LogP contribution < -0.4 is 15.6 Å². The van der Waals surface area contributed by atoms with E-state index in [4.69, 9.17) is 4.74 Å². The van der Waals surface area contributed by atoms with Crippen LogP contribution in [-0.2, 0) is 24.2 Å². The summed E-state index contributed by atoms with van der Waals surface area (Å²) in [6.07, 6.45) is 2.86. The summed E-state index contributed by atoms with van der Waals surface area (Å²) in [6.45, 7) is 1.95. The molecule has 3 aromatic rings. The van der Waals surface area contributed by atoms with Crippen LogP contribution in [0.15, 0.2) is 23.0 Å². The maximum absolute atomic E-state index is 13.0. The molecule has 1 aromatic carbocycles. The molecule has 1 unspecified atom stereocenters. The van der Waals surface area contributed by atoms with Gasteiger partial charge in [-0.2, -0.15) is 0 Å². The summed E-state index contributed by atoms with van der Waals surface area (Å²) in [4.78, 5) is 39.1. The fourth-order valence-electron chi connectivity index (χ4n) is 3.88. The van der Waals surface area contributed by atoms with Gasteiger partial charge in [0.05, 0.1) is 11.1 Å². The molecule has 29 heavy (non-hydrogen) atoms. The van der Waals surface area contributed by atoms with Crippen LogP contribution in [0.2, 0.25) is 0 Å². The summed E-state index contributed by atoms with van der Waals surface area (Å²) < 4.78 is 6.44. The van der Waals surface area contributed by atoms with Crippen LogP contribution in [0.5, 0.6) is 5.75 Å². The fraction of sp³-hybridized carbons (Fsp3) is 0.350. The van der Waals surface area contributed by atoms with Gasteiger partial charge in [-0.25, -0.2) is 4.68 Å². The van der Waals surface area contributed by atoms with E-state index in [9.17, 15) is 14.4 Å². The molecule has 1 aliphatic heterocycles. The molecule has 3 heterocycles. The molecule has 1 amide bonds. The van der Waals surface area contributed by atoms with Crippen LogP contribution in [0, 0.1) is 5.92 Å². The summed E-state index contributed by atoms with van der Waals surface area (Å²) in [7, 11) is 0. The van der Waals surface area contributed by atoms with E-state index in [0.29, 0.717) is 33.1 Å². The third-order valence-corrected chi connectivity index (χ3v) is 6.55. The van der Waals surface area contributed by atoms with Gasteiger partial charge in [0.15, 0.2) is 17.2 Å². The van der Waals surface area contributed by atoms with E-state index in [1.807, 2.05) is 0 Å². The van der Waals surface area contributed by atoms with Gasteiger partial charge in [-0.15, -0.1) is 16.4 Å². The van der Waals surface area contributed by atoms with Gasteiger partial charge in [0.25, 0.3) is 11.5 Å². The number of amides is 1. The number of ketones is 1. The van der Waals surface area contributed by atoms with Gasteiger partial charge in [-0.1, -0.05) is 12.1 Å². The third kappa shape index (κ3) is 3.11. The highest BCUT2D eigenvalue weighted by Gasteiger charge is 2.24. The predicted molar refractivity (Wildman–Crippen MR) is 108 cm³/mol. The molecule has 0 saturated carbocycles. The molecule has 1 atom stereocenters. The van der Waals surface area contributed by atoms with E-state index in [2.05, 4.69) is 22.6 Å². The molecule has 2 aliphatic rings. The first kappa shape index (κ1) is 18.0. The average molecular weight is 410 g/mol. The number of carbonyl (C=O) groups excluding carboxylic acids is 2. The lowest BCUT2D eigenvalue weighted by Crippen LogP contribution is -2.28. The number of nitrogens with zero attached hydrogens (tertiary/aromatic N) is 3. The van der Waals surface area contributed by atoms with Crippen molar-refractivity contribution in [2.45, 2.75) is 32.7 Å². The lowest BCUT2D eigenvalue weighted by Gasteiger charge is -2.18. The number of ether oxygens (including phenoxy) is 1. The Kier molecular flexibility index (Phi) is 4.20. The van der Waals surface area contributed by atoms with Crippen molar-refractivity contribution in [2.24, 2.45) is 5.92 Å². The standard InChI is InChI=1S/C20H18N4O4S/c1-10-2-4-12-16(6-10)29-19-18(12)20(27)24(23-22-19)8-14(25)11-3-5-15-13(7-11)21-17(26)9-28-15/h3,5,7,10H,2,4,6,8-9H2,1H3,(H,21,26). The smallest absolute Gasteiger partial charge is 0.279 e. The largest absolute Gasteiger partial charge is 0.482 e. The number of anilines is 1. The second-order valence-electron chi connectivity index (χ2n) is 7.56. The van der Waals surface area contributed by atoms with Gasteiger partial charge >= 0.3 is 0 Å². The summed E-state index contributed by atoms with van der Waals surface area (Å²) in [5, 5.41) is 11.5. The Morgan fingerprint density at radius 2 is 2.24 bits per heavy atom. The normalized spacial score (nSPS) is 18.0. The molecule has 2 aromatic heterocycles. The lowest BCUT2D eigenvalue weighted by atomic mass is 9.89. The molecular formula is C20H18N4O4S. The molecule has 9 heteroatoms. The van der Waals surface area contributed by atoms with Gasteiger partial charge in [-0.05, 0) is 48.9 Å². The lowest BCUT2D eigenvalue weighted by molar-refractivity contribution is -0.118. The Hall–Kier alpha value is -3.07. The monoisotopic (exact) mass is 410 g/mol. The van der Waals surface area contributed by atoms with Crippen molar-refractivity contribution in [2.75, 3.05) is 11.9 Å². The topological polar surface area (TPSA) is 103 Å².